The summed E-state index contributed by atoms with van der Waals surface area (Å²) >= 11 is 0. The van der Waals surface area contributed by atoms with Crippen LogP contribution in [0.15, 0.2) is 0 Å². The van der Waals surface area contributed by atoms with Gasteiger partial charge in [-0.05, 0) is 31.8 Å². The van der Waals surface area contributed by atoms with Crippen molar-refractivity contribution >= 4 is 5.91 Å². The average molecular weight is 278 g/mol. The zero-order valence-electron chi connectivity index (χ0n) is 11.7. The zero-order chi connectivity index (χ0) is 14.5. The van der Waals surface area contributed by atoms with Crippen molar-refractivity contribution < 1.29 is 18.7 Å². The second kappa shape index (κ2) is 7.14. The molecule has 1 aliphatic rings. The molecule has 19 heavy (non-hydrogen) atoms. The van der Waals surface area contributed by atoms with E-state index in [2.05, 4.69) is 5.32 Å². The highest BCUT2D eigenvalue weighted by atomic mass is 19.3. The first kappa shape index (κ1) is 16.3. The van der Waals surface area contributed by atoms with Crippen LogP contribution in [0.25, 0.3) is 0 Å². The first-order valence-electron chi connectivity index (χ1n) is 6.78. The van der Waals surface area contributed by atoms with Crippen LogP contribution >= 0.6 is 0 Å². The second-order valence-corrected chi connectivity index (χ2v) is 5.63. The Balaban J connectivity index is 2.74. The number of hydrogen-bond donors (Lipinski definition) is 2. The Morgan fingerprint density at radius 2 is 2.21 bits per heavy atom. The minimum absolute atomic E-state index is 0.0350. The largest absolute Gasteiger partial charge is 0.395 e. The molecule has 1 aliphatic heterocycles. The number of halogens is 2. The van der Waals surface area contributed by atoms with Gasteiger partial charge in [-0.15, -0.1) is 0 Å². The maximum Gasteiger partial charge on any atom is 0.255 e. The molecule has 112 valence electrons. The number of nitrogens with one attached hydrogen (secondary N) is 1. The zero-order valence-corrected chi connectivity index (χ0v) is 11.7. The van der Waals surface area contributed by atoms with Crippen molar-refractivity contribution in [3.8, 4) is 0 Å². The monoisotopic (exact) mass is 278 g/mol. The number of carbonyl (C=O) groups is 1. The summed E-state index contributed by atoms with van der Waals surface area (Å²) in [5, 5.41) is 12.2. The minimum atomic E-state index is -2.57. The third kappa shape index (κ3) is 4.38. The molecule has 1 fully saturated rings. The Hall–Kier alpha value is -0.750. The van der Waals surface area contributed by atoms with Crippen molar-refractivity contribution in [2.45, 2.75) is 33.1 Å². The summed E-state index contributed by atoms with van der Waals surface area (Å²) in [6.07, 6.45) is -0.653. The first-order valence-corrected chi connectivity index (χ1v) is 6.78. The van der Waals surface area contributed by atoms with E-state index < -0.39 is 18.4 Å². The van der Waals surface area contributed by atoms with Crippen LogP contribution in [0.5, 0.6) is 0 Å². The van der Waals surface area contributed by atoms with Crippen molar-refractivity contribution in [2.75, 3.05) is 32.8 Å². The van der Waals surface area contributed by atoms with Crippen molar-refractivity contribution in [3.63, 3.8) is 0 Å². The summed E-state index contributed by atoms with van der Waals surface area (Å²) < 4.78 is 25.0. The van der Waals surface area contributed by atoms with E-state index in [9.17, 15) is 13.6 Å². The van der Waals surface area contributed by atoms with Gasteiger partial charge in [0.15, 0.2) is 0 Å². The number of aliphatic hydroxyl groups is 1. The Labute approximate surface area is 113 Å². The second-order valence-electron chi connectivity index (χ2n) is 5.63. The molecule has 1 unspecified atom stereocenters. The molecular weight excluding hydrogens is 254 g/mol. The standard InChI is InChI=1S/C13H24F2N2O2/c1-13(2,10-4-3-5-16-8-10)12(19)17(6-7-18)9-11(14)15/h10-11,16,18H,3-9H2,1-2H3. The molecule has 0 aromatic rings. The smallest absolute Gasteiger partial charge is 0.255 e. The molecule has 0 aromatic carbocycles. The molecule has 0 aliphatic carbocycles. The van der Waals surface area contributed by atoms with Gasteiger partial charge in [-0.25, -0.2) is 8.78 Å². The minimum Gasteiger partial charge on any atom is -0.395 e. The van der Waals surface area contributed by atoms with Crippen molar-refractivity contribution in [1.29, 1.82) is 0 Å². The number of rotatable bonds is 6. The number of aliphatic hydroxyl groups excluding tert-OH is 1. The van der Waals surface area contributed by atoms with E-state index in [4.69, 9.17) is 5.11 Å². The topological polar surface area (TPSA) is 52.6 Å². The summed E-state index contributed by atoms with van der Waals surface area (Å²) in [4.78, 5) is 13.5. The van der Waals surface area contributed by atoms with Gasteiger partial charge in [-0.2, -0.15) is 0 Å². The van der Waals surface area contributed by atoms with Crippen LogP contribution in [0.1, 0.15) is 26.7 Å². The highest BCUT2D eigenvalue weighted by Gasteiger charge is 2.40. The molecule has 1 amide bonds. The van der Waals surface area contributed by atoms with E-state index in [1.165, 1.54) is 0 Å². The van der Waals surface area contributed by atoms with E-state index in [1.54, 1.807) is 0 Å². The third-order valence-corrected chi connectivity index (χ3v) is 3.88. The highest BCUT2D eigenvalue weighted by Crippen LogP contribution is 2.33. The summed E-state index contributed by atoms with van der Waals surface area (Å²) in [7, 11) is 0. The van der Waals surface area contributed by atoms with Crippen molar-refractivity contribution in [2.24, 2.45) is 11.3 Å². The Bertz CT molecular complexity index is 292. The number of amides is 1. The summed E-state index contributed by atoms with van der Waals surface area (Å²) in [5.74, 6) is -0.150. The van der Waals surface area contributed by atoms with Crippen molar-refractivity contribution in [1.82, 2.24) is 10.2 Å². The van der Waals surface area contributed by atoms with Gasteiger partial charge in [0, 0.05) is 12.0 Å². The molecule has 6 heteroatoms. The van der Waals surface area contributed by atoms with E-state index >= 15 is 0 Å². The number of hydrogen-bond acceptors (Lipinski definition) is 3. The van der Waals surface area contributed by atoms with E-state index in [0.29, 0.717) is 0 Å². The lowest BCUT2D eigenvalue weighted by Gasteiger charge is -2.39. The fourth-order valence-corrected chi connectivity index (χ4v) is 2.61. The third-order valence-electron chi connectivity index (χ3n) is 3.88. The van der Waals surface area contributed by atoms with Crippen LogP contribution in [0.3, 0.4) is 0 Å². The van der Waals surface area contributed by atoms with Gasteiger partial charge < -0.3 is 15.3 Å². The first-order chi connectivity index (χ1) is 8.89. The Morgan fingerprint density at radius 3 is 2.68 bits per heavy atom. The maximum atomic E-state index is 12.5. The van der Waals surface area contributed by atoms with Crippen molar-refractivity contribution in [3.05, 3.63) is 0 Å². The Morgan fingerprint density at radius 1 is 1.53 bits per heavy atom. The molecule has 0 bridgehead atoms. The van der Waals surface area contributed by atoms with Crippen LogP contribution in [0.4, 0.5) is 8.78 Å². The molecule has 1 atom stereocenters. The van der Waals surface area contributed by atoms with E-state index in [0.717, 1.165) is 30.8 Å². The number of nitrogens with zero attached hydrogens (tertiary/aromatic N) is 1. The predicted molar refractivity (Wildman–Crippen MR) is 69.0 cm³/mol. The molecule has 2 N–H and O–H groups in total. The molecule has 0 aromatic heterocycles. The quantitative estimate of drug-likeness (QED) is 0.765. The predicted octanol–water partition coefficient (Wildman–Crippen LogP) is 1.10. The van der Waals surface area contributed by atoms with Gasteiger partial charge in [0.25, 0.3) is 6.43 Å². The summed E-state index contributed by atoms with van der Waals surface area (Å²) in [5.41, 5.74) is -0.683. The molecule has 4 nitrogen and oxygen atoms in total. The number of alkyl halides is 2. The SMILES string of the molecule is CC(C)(C(=O)N(CCO)CC(F)F)C1CCCNC1. The van der Waals surface area contributed by atoms with Crippen LogP contribution in [0.2, 0.25) is 0 Å². The lowest BCUT2D eigenvalue weighted by molar-refractivity contribution is -0.146. The maximum absolute atomic E-state index is 12.5. The molecule has 1 heterocycles. The van der Waals surface area contributed by atoms with Gasteiger partial charge in [0.1, 0.15) is 0 Å². The number of carbonyl (C=O) groups excluding carboxylic acids is 1. The lowest BCUT2D eigenvalue weighted by atomic mass is 9.74. The molecule has 0 saturated carbocycles. The normalized spacial score (nSPS) is 20.6. The summed E-state index contributed by atoms with van der Waals surface area (Å²) in [6.45, 7) is 4.36. The van der Waals surface area contributed by atoms with Gasteiger partial charge in [-0.3, -0.25) is 4.79 Å². The van der Waals surface area contributed by atoms with Gasteiger partial charge in [0.05, 0.1) is 13.2 Å². The van der Waals surface area contributed by atoms with Crippen LogP contribution < -0.4 is 5.32 Å². The summed E-state index contributed by atoms with van der Waals surface area (Å²) in [6, 6.07) is 0. The van der Waals surface area contributed by atoms with Crippen LogP contribution in [-0.4, -0.2) is 55.1 Å². The fraction of sp³-hybridized carbons (Fsp3) is 0.923. The van der Waals surface area contributed by atoms with Gasteiger partial charge >= 0.3 is 0 Å². The molecule has 1 rings (SSSR count). The fourth-order valence-electron chi connectivity index (χ4n) is 2.61. The lowest BCUT2D eigenvalue weighted by Crippen LogP contribution is -2.50. The van der Waals surface area contributed by atoms with E-state index in [-0.39, 0.29) is 25.0 Å². The van der Waals surface area contributed by atoms with Gasteiger partial charge in [0.2, 0.25) is 5.91 Å². The molecule has 1 saturated heterocycles. The van der Waals surface area contributed by atoms with E-state index in [1.807, 2.05) is 13.8 Å². The Kier molecular flexibility index (Phi) is 6.13. The van der Waals surface area contributed by atoms with Crippen LogP contribution in [-0.2, 0) is 4.79 Å². The molecular formula is C13H24F2N2O2. The average Bonchev–Trinajstić information content (AvgIpc) is 2.38. The highest BCUT2D eigenvalue weighted by molar-refractivity contribution is 5.82. The number of piperidine rings is 1. The molecule has 0 radical (unpaired) electrons. The van der Waals surface area contributed by atoms with Crippen LogP contribution in [0, 0.1) is 11.3 Å². The molecule has 0 spiro atoms. The van der Waals surface area contributed by atoms with Gasteiger partial charge in [-0.1, -0.05) is 13.8 Å².